The van der Waals surface area contributed by atoms with Crippen molar-refractivity contribution in [3.8, 4) is 5.75 Å². The minimum atomic E-state index is -3.74. The van der Waals surface area contributed by atoms with E-state index in [1.54, 1.807) is 4.31 Å². The zero-order valence-electron chi connectivity index (χ0n) is 24.0. The standard InChI is InChI=1S/C30H53NO4S/c1-7-9-11-13-15-17-22-31(23-18-16-14-12-10-8-2)36(33,34)24-29(32)35-30-27(25(3)4)20-19-21-28(30)26(5)6/h19-21,25-26H,7-18,22-24H2,1-6H3. The average molecular weight is 524 g/mol. The number of carbonyl (C=O) groups excluding carboxylic acids is 1. The molecule has 0 fully saturated rings. The van der Waals surface area contributed by atoms with Crippen LogP contribution in [0.15, 0.2) is 18.2 Å². The van der Waals surface area contributed by atoms with Crippen LogP contribution >= 0.6 is 0 Å². The number of nitrogens with zero attached hydrogens (tertiary/aromatic N) is 1. The fraction of sp³-hybridized carbons (Fsp3) is 0.767. The number of hydrogen-bond acceptors (Lipinski definition) is 4. The Kier molecular flexibility index (Phi) is 16.3. The van der Waals surface area contributed by atoms with E-state index in [1.165, 1.54) is 38.5 Å². The van der Waals surface area contributed by atoms with Crippen LogP contribution in [0.25, 0.3) is 0 Å². The second-order valence-electron chi connectivity index (χ2n) is 10.7. The van der Waals surface area contributed by atoms with Gasteiger partial charge < -0.3 is 4.74 Å². The topological polar surface area (TPSA) is 63.7 Å². The molecule has 0 bridgehead atoms. The molecule has 5 nitrogen and oxygen atoms in total. The highest BCUT2D eigenvalue weighted by atomic mass is 32.2. The van der Waals surface area contributed by atoms with Gasteiger partial charge in [-0.05, 0) is 35.8 Å². The van der Waals surface area contributed by atoms with Crippen molar-refractivity contribution >= 4 is 16.0 Å². The molecule has 0 aliphatic heterocycles. The van der Waals surface area contributed by atoms with Gasteiger partial charge in [0.25, 0.3) is 0 Å². The summed E-state index contributed by atoms with van der Waals surface area (Å²) in [6, 6.07) is 5.88. The average Bonchev–Trinajstić information content (AvgIpc) is 2.81. The van der Waals surface area contributed by atoms with Gasteiger partial charge in [-0.25, -0.2) is 12.7 Å². The summed E-state index contributed by atoms with van der Waals surface area (Å²) in [6.07, 6.45) is 13.2. The highest BCUT2D eigenvalue weighted by Gasteiger charge is 2.27. The van der Waals surface area contributed by atoms with E-state index in [-0.39, 0.29) is 11.8 Å². The van der Waals surface area contributed by atoms with Gasteiger partial charge in [0.05, 0.1) is 0 Å². The van der Waals surface area contributed by atoms with Gasteiger partial charge in [0.2, 0.25) is 10.0 Å². The summed E-state index contributed by atoms with van der Waals surface area (Å²) < 4.78 is 34.0. The SMILES string of the molecule is CCCCCCCCN(CCCCCCCC)S(=O)(=O)CC(=O)Oc1c(C(C)C)cccc1C(C)C. The van der Waals surface area contributed by atoms with E-state index >= 15 is 0 Å². The highest BCUT2D eigenvalue weighted by Crippen LogP contribution is 2.34. The summed E-state index contributed by atoms with van der Waals surface area (Å²) >= 11 is 0. The molecule has 0 radical (unpaired) electrons. The summed E-state index contributed by atoms with van der Waals surface area (Å²) in [7, 11) is -3.74. The van der Waals surface area contributed by atoms with Gasteiger partial charge in [-0.2, -0.15) is 0 Å². The maximum atomic E-state index is 13.3. The Hall–Kier alpha value is -1.40. The summed E-state index contributed by atoms with van der Waals surface area (Å²) in [4.78, 5) is 13.0. The van der Waals surface area contributed by atoms with Gasteiger partial charge in [-0.1, -0.05) is 124 Å². The number of hydrogen-bond donors (Lipinski definition) is 0. The van der Waals surface area contributed by atoms with Crippen molar-refractivity contribution in [2.24, 2.45) is 0 Å². The van der Waals surface area contributed by atoms with Crippen LogP contribution in [0.4, 0.5) is 0 Å². The molecular weight excluding hydrogens is 470 g/mol. The first-order valence-corrected chi connectivity index (χ1v) is 16.1. The smallest absolute Gasteiger partial charge is 0.328 e. The maximum Gasteiger partial charge on any atom is 0.328 e. The van der Waals surface area contributed by atoms with Crippen LogP contribution in [0.2, 0.25) is 0 Å². The molecule has 0 saturated heterocycles. The lowest BCUT2D eigenvalue weighted by molar-refractivity contribution is -0.131. The van der Waals surface area contributed by atoms with E-state index in [4.69, 9.17) is 4.74 Å². The lowest BCUT2D eigenvalue weighted by atomic mass is 9.94. The zero-order chi connectivity index (χ0) is 27.0. The molecule has 0 amide bonds. The van der Waals surface area contributed by atoms with Crippen molar-refractivity contribution in [2.75, 3.05) is 18.8 Å². The highest BCUT2D eigenvalue weighted by molar-refractivity contribution is 7.89. The first-order valence-electron chi connectivity index (χ1n) is 14.4. The molecule has 1 rings (SSSR count). The Morgan fingerprint density at radius 2 is 1.17 bits per heavy atom. The van der Waals surface area contributed by atoms with Crippen molar-refractivity contribution in [3.63, 3.8) is 0 Å². The van der Waals surface area contributed by atoms with E-state index < -0.39 is 21.7 Å². The Labute approximate surface area is 222 Å². The van der Waals surface area contributed by atoms with Crippen LogP contribution in [0.5, 0.6) is 5.75 Å². The first kappa shape index (κ1) is 32.6. The number of para-hydroxylation sites is 1. The van der Waals surface area contributed by atoms with Crippen LogP contribution in [0, 0.1) is 0 Å². The van der Waals surface area contributed by atoms with Gasteiger partial charge >= 0.3 is 5.97 Å². The van der Waals surface area contributed by atoms with E-state index in [0.29, 0.717) is 18.8 Å². The van der Waals surface area contributed by atoms with Gasteiger partial charge in [0, 0.05) is 13.1 Å². The predicted octanol–water partition coefficient (Wildman–Crippen LogP) is 8.19. The normalized spacial score (nSPS) is 12.1. The lowest BCUT2D eigenvalue weighted by Gasteiger charge is -2.23. The summed E-state index contributed by atoms with van der Waals surface area (Å²) in [5, 5.41) is 0. The largest absolute Gasteiger partial charge is 0.425 e. The Morgan fingerprint density at radius 3 is 1.58 bits per heavy atom. The van der Waals surface area contributed by atoms with Gasteiger partial charge in [-0.15, -0.1) is 0 Å². The van der Waals surface area contributed by atoms with Gasteiger partial charge in [-0.3, -0.25) is 4.79 Å². The van der Waals surface area contributed by atoms with Gasteiger partial charge in [0.15, 0.2) is 5.75 Å². The number of ether oxygens (including phenoxy) is 1. The van der Waals surface area contributed by atoms with E-state index in [2.05, 4.69) is 41.5 Å². The molecule has 208 valence electrons. The number of rotatable bonds is 20. The Bertz CT molecular complexity index is 806. The molecule has 1 aromatic carbocycles. The molecular formula is C30H53NO4S. The van der Waals surface area contributed by atoms with E-state index in [9.17, 15) is 13.2 Å². The minimum absolute atomic E-state index is 0.167. The van der Waals surface area contributed by atoms with Crippen LogP contribution < -0.4 is 4.74 Å². The number of carbonyl (C=O) groups is 1. The third kappa shape index (κ3) is 12.2. The monoisotopic (exact) mass is 523 g/mol. The molecule has 36 heavy (non-hydrogen) atoms. The van der Waals surface area contributed by atoms with Crippen molar-refractivity contribution in [1.82, 2.24) is 4.31 Å². The summed E-state index contributed by atoms with van der Waals surface area (Å²) in [5.41, 5.74) is 1.87. The molecule has 0 unspecified atom stereocenters. The van der Waals surface area contributed by atoms with Crippen molar-refractivity contribution in [1.29, 1.82) is 0 Å². The first-order chi connectivity index (χ1) is 17.1. The van der Waals surface area contributed by atoms with E-state index in [0.717, 1.165) is 49.7 Å². The van der Waals surface area contributed by atoms with E-state index in [1.807, 2.05) is 18.2 Å². The number of esters is 1. The molecule has 0 atom stereocenters. The quantitative estimate of drug-likeness (QED) is 0.0981. The lowest BCUT2D eigenvalue weighted by Crippen LogP contribution is -2.38. The Balaban J connectivity index is 2.88. The molecule has 0 spiro atoms. The fourth-order valence-electron chi connectivity index (χ4n) is 4.51. The summed E-state index contributed by atoms with van der Waals surface area (Å²) in [5.74, 6) is -0.440. The second-order valence-corrected chi connectivity index (χ2v) is 12.7. The molecule has 0 aliphatic rings. The maximum absolute atomic E-state index is 13.3. The number of unbranched alkanes of at least 4 members (excludes halogenated alkanes) is 10. The molecule has 0 heterocycles. The van der Waals surface area contributed by atoms with Crippen molar-refractivity contribution in [2.45, 2.75) is 130 Å². The number of sulfonamides is 1. The third-order valence-electron chi connectivity index (χ3n) is 6.75. The van der Waals surface area contributed by atoms with Crippen LogP contribution in [-0.2, 0) is 14.8 Å². The van der Waals surface area contributed by atoms with Crippen molar-refractivity contribution < 1.29 is 17.9 Å². The van der Waals surface area contributed by atoms with Crippen LogP contribution in [0.1, 0.15) is 142 Å². The summed E-state index contributed by atoms with van der Waals surface area (Å²) in [6.45, 7) is 13.6. The molecule has 1 aromatic rings. The second kappa shape index (κ2) is 18.0. The van der Waals surface area contributed by atoms with Crippen LogP contribution in [-0.4, -0.2) is 37.5 Å². The molecule has 0 aliphatic carbocycles. The van der Waals surface area contributed by atoms with Crippen molar-refractivity contribution in [3.05, 3.63) is 29.3 Å². The van der Waals surface area contributed by atoms with Gasteiger partial charge in [0.1, 0.15) is 5.75 Å². The fourth-order valence-corrected chi connectivity index (χ4v) is 5.86. The third-order valence-corrected chi connectivity index (χ3v) is 8.50. The molecule has 0 N–H and O–H groups in total. The number of benzene rings is 1. The Morgan fingerprint density at radius 1 is 0.750 bits per heavy atom. The molecule has 0 aromatic heterocycles. The minimum Gasteiger partial charge on any atom is -0.425 e. The zero-order valence-corrected chi connectivity index (χ0v) is 24.8. The predicted molar refractivity (Wildman–Crippen MR) is 152 cm³/mol. The molecule has 6 heteroatoms. The molecule has 0 saturated carbocycles. The van der Waals surface area contributed by atoms with Crippen LogP contribution in [0.3, 0.4) is 0 Å².